The highest BCUT2D eigenvalue weighted by atomic mass is 16.5. The molecule has 1 aliphatic rings. The summed E-state index contributed by atoms with van der Waals surface area (Å²) in [6.45, 7) is 5.68. The van der Waals surface area contributed by atoms with Crippen LogP contribution in [0.5, 0.6) is 6.01 Å². The van der Waals surface area contributed by atoms with Crippen molar-refractivity contribution in [3.8, 4) is 6.01 Å². The number of piperidine rings is 1. The van der Waals surface area contributed by atoms with Crippen LogP contribution < -0.4 is 9.64 Å². The zero-order chi connectivity index (χ0) is 16.5. The summed E-state index contributed by atoms with van der Waals surface area (Å²) < 4.78 is 5.90. The molecule has 1 aliphatic heterocycles. The number of rotatable bonds is 3. The highest BCUT2D eigenvalue weighted by Crippen LogP contribution is 2.26. The third-order valence-electron chi connectivity index (χ3n) is 4.28. The number of nitrogens with zero attached hydrogens (tertiary/aromatic N) is 5. The second kappa shape index (κ2) is 6.07. The van der Waals surface area contributed by atoms with Gasteiger partial charge in [0.2, 0.25) is 0 Å². The third kappa shape index (κ3) is 2.89. The van der Waals surface area contributed by atoms with E-state index >= 15 is 0 Å². The van der Waals surface area contributed by atoms with E-state index in [4.69, 9.17) is 4.74 Å². The first-order chi connectivity index (χ1) is 11.7. The summed E-state index contributed by atoms with van der Waals surface area (Å²) in [5.74, 6) is 1.79. The van der Waals surface area contributed by atoms with Gasteiger partial charge < -0.3 is 14.6 Å². The first-order valence-electron chi connectivity index (χ1n) is 8.21. The second-order valence-electron chi connectivity index (χ2n) is 6.18. The SMILES string of the molecule is Cc1cnc(OC2CCN(c3nc(C)nc4[nH]ccc34)CC2)nc1. The number of fused-ring (bicyclic) bond motifs is 1. The quantitative estimate of drug-likeness (QED) is 0.797. The van der Waals surface area contributed by atoms with E-state index in [1.54, 1.807) is 12.4 Å². The molecule has 0 atom stereocenters. The van der Waals surface area contributed by atoms with Crippen LogP contribution in [0, 0.1) is 13.8 Å². The number of hydrogen-bond acceptors (Lipinski definition) is 6. The zero-order valence-electron chi connectivity index (χ0n) is 13.9. The fourth-order valence-electron chi connectivity index (χ4n) is 3.05. The second-order valence-corrected chi connectivity index (χ2v) is 6.18. The molecular formula is C17H20N6O. The van der Waals surface area contributed by atoms with Gasteiger partial charge in [-0.2, -0.15) is 0 Å². The average molecular weight is 324 g/mol. The Balaban J connectivity index is 1.45. The van der Waals surface area contributed by atoms with E-state index in [-0.39, 0.29) is 6.10 Å². The average Bonchev–Trinajstić information content (AvgIpc) is 3.05. The maximum atomic E-state index is 5.90. The highest BCUT2D eigenvalue weighted by molar-refractivity contribution is 5.87. The standard InChI is InChI=1S/C17H20N6O/c1-11-9-19-17(20-10-11)24-13-4-7-23(8-5-13)16-14-3-6-18-15(14)21-12(2)22-16/h3,6,9-10,13H,4-5,7-8H2,1-2H3,(H,18,21,22). The van der Waals surface area contributed by atoms with Crippen LogP contribution in [0.25, 0.3) is 11.0 Å². The predicted octanol–water partition coefficient (Wildman–Crippen LogP) is 2.41. The Labute approximate surface area is 140 Å². The molecule has 7 nitrogen and oxygen atoms in total. The fourth-order valence-corrected chi connectivity index (χ4v) is 3.05. The first kappa shape index (κ1) is 14.9. The topological polar surface area (TPSA) is 79.8 Å². The number of H-pyrrole nitrogens is 1. The maximum absolute atomic E-state index is 5.90. The molecule has 3 aromatic rings. The Morgan fingerprint density at radius 3 is 2.62 bits per heavy atom. The molecule has 1 N–H and O–H groups in total. The fraction of sp³-hybridized carbons (Fsp3) is 0.412. The maximum Gasteiger partial charge on any atom is 0.316 e. The normalized spacial score (nSPS) is 15.8. The van der Waals surface area contributed by atoms with Crippen LogP contribution in [0.1, 0.15) is 24.2 Å². The van der Waals surface area contributed by atoms with E-state index in [9.17, 15) is 0 Å². The number of aryl methyl sites for hydroxylation is 2. The Bertz CT molecular complexity index is 836. The summed E-state index contributed by atoms with van der Waals surface area (Å²) in [5, 5.41) is 1.07. The Morgan fingerprint density at radius 1 is 1.12 bits per heavy atom. The Morgan fingerprint density at radius 2 is 1.88 bits per heavy atom. The zero-order valence-corrected chi connectivity index (χ0v) is 13.9. The van der Waals surface area contributed by atoms with E-state index in [0.29, 0.717) is 6.01 Å². The van der Waals surface area contributed by atoms with Crippen molar-refractivity contribution in [2.45, 2.75) is 32.8 Å². The van der Waals surface area contributed by atoms with Gasteiger partial charge in [0.15, 0.2) is 0 Å². The van der Waals surface area contributed by atoms with Crippen LogP contribution in [0.2, 0.25) is 0 Å². The minimum atomic E-state index is 0.147. The number of anilines is 1. The lowest BCUT2D eigenvalue weighted by molar-refractivity contribution is 0.156. The highest BCUT2D eigenvalue weighted by Gasteiger charge is 2.24. The van der Waals surface area contributed by atoms with Crippen molar-refractivity contribution in [3.63, 3.8) is 0 Å². The summed E-state index contributed by atoms with van der Waals surface area (Å²) in [5.41, 5.74) is 1.93. The van der Waals surface area contributed by atoms with Gasteiger partial charge in [0.25, 0.3) is 0 Å². The van der Waals surface area contributed by atoms with Gasteiger partial charge in [-0.3, -0.25) is 0 Å². The summed E-state index contributed by atoms with van der Waals surface area (Å²) in [6.07, 6.45) is 7.47. The van der Waals surface area contributed by atoms with E-state index < -0.39 is 0 Å². The van der Waals surface area contributed by atoms with Crippen molar-refractivity contribution in [3.05, 3.63) is 36.0 Å². The van der Waals surface area contributed by atoms with Crippen LogP contribution >= 0.6 is 0 Å². The molecule has 0 saturated carbocycles. The Kier molecular flexibility index (Phi) is 3.76. The van der Waals surface area contributed by atoms with Crippen LogP contribution in [0.4, 0.5) is 5.82 Å². The van der Waals surface area contributed by atoms with Crippen molar-refractivity contribution in [1.82, 2.24) is 24.9 Å². The molecule has 7 heteroatoms. The first-order valence-corrected chi connectivity index (χ1v) is 8.21. The van der Waals surface area contributed by atoms with Crippen LogP contribution in [-0.4, -0.2) is 44.1 Å². The van der Waals surface area contributed by atoms with Crippen molar-refractivity contribution >= 4 is 16.9 Å². The van der Waals surface area contributed by atoms with Gasteiger partial charge in [-0.15, -0.1) is 0 Å². The van der Waals surface area contributed by atoms with Crippen molar-refractivity contribution in [2.24, 2.45) is 0 Å². The van der Waals surface area contributed by atoms with Gasteiger partial charge in [0.1, 0.15) is 23.4 Å². The number of aromatic amines is 1. The lowest BCUT2D eigenvalue weighted by Crippen LogP contribution is -2.39. The minimum Gasteiger partial charge on any atom is -0.460 e. The van der Waals surface area contributed by atoms with Crippen LogP contribution in [0.3, 0.4) is 0 Å². The summed E-state index contributed by atoms with van der Waals surface area (Å²) in [7, 11) is 0. The van der Waals surface area contributed by atoms with E-state index in [1.165, 1.54) is 0 Å². The van der Waals surface area contributed by atoms with Gasteiger partial charge in [-0.05, 0) is 25.5 Å². The molecule has 124 valence electrons. The molecule has 4 heterocycles. The van der Waals surface area contributed by atoms with Gasteiger partial charge in [0.05, 0.1) is 5.39 Å². The van der Waals surface area contributed by atoms with Gasteiger partial charge in [-0.1, -0.05) is 0 Å². The molecule has 0 amide bonds. The summed E-state index contributed by atoms with van der Waals surface area (Å²) in [4.78, 5) is 23.0. The predicted molar refractivity (Wildman–Crippen MR) is 91.3 cm³/mol. The molecule has 4 rings (SSSR count). The summed E-state index contributed by atoms with van der Waals surface area (Å²) in [6, 6.07) is 2.50. The molecule has 0 aliphatic carbocycles. The number of hydrogen-bond donors (Lipinski definition) is 1. The molecule has 0 spiro atoms. The number of ether oxygens (including phenoxy) is 1. The molecule has 1 saturated heterocycles. The van der Waals surface area contributed by atoms with E-state index in [1.807, 2.05) is 26.1 Å². The lowest BCUT2D eigenvalue weighted by atomic mass is 10.1. The van der Waals surface area contributed by atoms with Crippen LogP contribution in [0.15, 0.2) is 24.7 Å². The third-order valence-corrected chi connectivity index (χ3v) is 4.28. The van der Waals surface area contributed by atoms with Gasteiger partial charge >= 0.3 is 6.01 Å². The molecule has 0 aromatic carbocycles. The molecule has 1 fully saturated rings. The van der Waals surface area contributed by atoms with Crippen molar-refractivity contribution in [1.29, 1.82) is 0 Å². The van der Waals surface area contributed by atoms with E-state index in [0.717, 1.165) is 54.2 Å². The lowest BCUT2D eigenvalue weighted by Gasteiger charge is -2.32. The smallest absolute Gasteiger partial charge is 0.316 e. The van der Waals surface area contributed by atoms with Gasteiger partial charge in [0, 0.05) is 44.5 Å². The minimum absolute atomic E-state index is 0.147. The largest absolute Gasteiger partial charge is 0.460 e. The summed E-state index contributed by atoms with van der Waals surface area (Å²) >= 11 is 0. The molecule has 3 aromatic heterocycles. The molecule has 0 radical (unpaired) electrons. The van der Waals surface area contributed by atoms with Crippen molar-refractivity contribution < 1.29 is 4.74 Å². The Hall–Kier alpha value is -2.70. The van der Waals surface area contributed by atoms with Gasteiger partial charge in [-0.25, -0.2) is 19.9 Å². The number of aromatic nitrogens is 5. The molecule has 0 unspecified atom stereocenters. The van der Waals surface area contributed by atoms with Crippen LogP contribution in [-0.2, 0) is 0 Å². The monoisotopic (exact) mass is 324 g/mol. The molecular weight excluding hydrogens is 304 g/mol. The molecule has 24 heavy (non-hydrogen) atoms. The molecule has 0 bridgehead atoms. The van der Waals surface area contributed by atoms with Crippen molar-refractivity contribution in [2.75, 3.05) is 18.0 Å². The number of nitrogens with one attached hydrogen (secondary N) is 1. The van der Waals surface area contributed by atoms with E-state index in [2.05, 4.69) is 29.8 Å².